The molecule has 0 atom stereocenters. The highest BCUT2D eigenvalue weighted by Gasteiger charge is 2.35. The van der Waals surface area contributed by atoms with E-state index >= 15 is 0 Å². The van der Waals surface area contributed by atoms with Crippen LogP contribution in [0.3, 0.4) is 0 Å². The average molecular weight is 366 g/mol. The molecular formula is C21H19FN2O3. The van der Waals surface area contributed by atoms with E-state index in [1.165, 1.54) is 30.3 Å². The van der Waals surface area contributed by atoms with Gasteiger partial charge in [-0.1, -0.05) is 50.2 Å². The minimum absolute atomic E-state index is 0.0537. The Labute approximate surface area is 156 Å². The Kier molecular flexibility index (Phi) is 5.16. The minimum Gasteiger partial charge on any atom is -0.273 e. The van der Waals surface area contributed by atoms with Crippen molar-refractivity contribution in [2.75, 3.05) is 0 Å². The maximum Gasteiger partial charge on any atom is 0.331 e. The van der Waals surface area contributed by atoms with Crippen molar-refractivity contribution in [2.24, 2.45) is 0 Å². The number of urea groups is 1. The van der Waals surface area contributed by atoms with Gasteiger partial charge in [0.1, 0.15) is 11.4 Å². The van der Waals surface area contributed by atoms with Crippen LogP contribution in [0.25, 0.3) is 6.08 Å². The Morgan fingerprint density at radius 2 is 1.63 bits per heavy atom. The normalized spacial score (nSPS) is 16.2. The summed E-state index contributed by atoms with van der Waals surface area (Å²) in [6.45, 7) is 4.09. The summed E-state index contributed by atoms with van der Waals surface area (Å²) in [5.41, 5.74) is 2.29. The lowest BCUT2D eigenvalue weighted by molar-refractivity contribution is -0.130. The van der Waals surface area contributed by atoms with E-state index in [1.807, 2.05) is 24.3 Å². The first kappa shape index (κ1) is 18.5. The number of halogens is 1. The maximum absolute atomic E-state index is 13.0. The van der Waals surface area contributed by atoms with Gasteiger partial charge in [-0.3, -0.25) is 19.8 Å². The van der Waals surface area contributed by atoms with E-state index in [1.54, 1.807) is 0 Å². The molecule has 1 heterocycles. The molecular weight excluding hydrogens is 347 g/mol. The van der Waals surface area contributed by atoms with Crippen molar-refractivity contribution in [3.8, 4) is 0 Å². The minimum atomic E-state index is -0.790. The number of rotatable bonds is 4. The summed E-state index contributed by atoms with van der Waals surface area (Å²) in [4.78, 5) is 37.8. The van der Waals surface area contributed by atoms with Crippen LogP contribution in [0, 0.1) is 5.82 Å². The molecule has 6 heteroatoms. The van der Waals surface area contributed by atoms with Gasteiger partial charge in [-0.25, -0.2) is 9.18 Å². The third kappa shape index (κ3) is 4.11. The second-order valence-electron chi connectivity index (χ2n) is 6.66. The molecule has 5 nitrogen and oxygen atoms in total. The number of hydrogen-bond donors (Lipinski definition) is 1. The van der Waals surface area contributed by atoms with E-state index in [9.17, 15) is 18.8 Å². The fourth-order valence-electron chi connectivity index (χ4n) is 2.75. The SMILES string of the molecule is CC(C)c1ccc(/C=C2\C(=O)NC(=O)N(Cc3ccc(F)cc3)C2=O)cc1. The third-order valence-corrected chi connectivity index (χ3v) is 4.35. The van der Waals surface area contributed by atoms with Crippen molar-refractivity contribution in [2.45, 2.75) is 26.3 Å². The standard InChI is InChI=1S/C21H19FN2O3/c1-13(2)16-7-3-14(4-8-16)11-18-19(25)23-21(27)24(20(18)26)12-15-5-9-17(22)10-6-15/h3-11,13H,12H2,1-2H3,(H,23,25,27)/b18-11+. The lowest BCUT2D eigenvalue weighted by Crippen LogP contribution is -2.53. The monoisotopic (exact) mass is 366 g/mol. The summed E-state index contributed by atoms with van der Waals surface area (Å²) in [6.07, 6.45) is 1.46. The zero-order valence-corrected chi connectivity index (χ0v) is 15.0. The predicted octanol–water partition coefficient (Wildman–Crippen LogP) is 3.61. The van der Waals surface area contributed by atoms with Gasteiger partial charge in [-0.2, -0.15) is 0 Å². The summed E-state index contributed by atoms with van der Waals surface area (Å²) < 4.78 is 13.0. The Hall–Kier alpha value is -3.28. The van der Waals surface area contributed by atoms with Crippen LogP contribution >= 0.6 is 0 Å². The first-order chi connectivity index (χ1) is 12.8. The number of carbonyl (C=O) groups excluding carboxylic acids is 3. The van der Waals surface area contributed by atoms with Gasteiger partial charge >= 0.3 is 6.03 Å². The highest BCUT2D eigenvalue weighted by atomic mass is 19.1. The molecule has 0 aromatic heterocycles. The zero-order chi connectivity index (χ0) is 19.6. The van der Waals surface area contributed by atoms with Gasteiger partial charge in [0.15, 0.2) is 0 Å². The molecule has 0 aliphatic carbocycles. The summed E-state index contributed by atoms with van der Waals surface area (Å²) in [7, 11) is 0. The van der Waals surface area contributed by atoms with Crippen LogP contribution in [0.4, 0.5) is 9.18 Å². The van der Waals surface area contributed by atoms with E-state index in [0.717, 1.165) is 10.5 Å². The van der Waals surface area contributed by atoms with E-state index < -0.39 is 23.7 Å². The van der Waals surface area contributed by atoms with Crippen molar-refractivity contribution in [3.05, 3.63) is 76.6 Å². The number of imide groups is 2. The number of nitrogens with zero attached hydrogens (tertiary/aromatic N) is 1. The highest BCUT2D eigenvalue weighted by molar-refractivity contribution is 6.30. The van der Waals surface area contributed by atoms with Gasteiger partial charge in [0.2, 0.25) is 0 Å². The van der Waals surface area contributed by atoms with E-state index in [0.29, 0.717) is 17.0 Å². The van der Waals surface area contributed by atoms with Crippen molar-refractivity contribution < 1.29 is 18.8 Å². The Morgan fingerprint density at radius 3 is 2.22 bits per heavy atom. The molecule has 0 saturated carbocycles. The lowest BCUT2D eigenvalue weighted by atomic mass is 10.0. The molecule has 0 radical (unpaired) electrons. The van der Waals surface area contributed by atoms with Gasteiger partial charge in [0.25, 0.3) is 11.8 Å². The number of hydrogen-bond acceptors (Lipinski definition) is 3. The zero-order valence-electron chi connectivity index (χ0n) is 15.0. The second-order valence-corrected chi connectivity index (χ2v) is 6.66. The molecule has 27 heavy (non-hydrogen) atoms. The van der Waals surface area contributed by atoms with Crippen molar-refractivity contribution >= 4 is 23.9 Å². The highest BCUT2D eigenvalue weighted by Crippen LogP contribution is 2.19. The Morgan fingerprint density at radius 1 is 1.00 bits per heavy atom. The predicted molar refractivity (Wildman–Crippen MR) is 99.0 cm³/mol. The Balaban J connectivity index is 1.86. The molecule has 138 valence electrons. The first-order valence-corrected chi connectivity index (χ1v) is 8.58. The van der Waals surface area contributed by atoms with Gasteiger partial charge in [0, 0.05) is 0 Å². The van der Waals surface area contributed by atoms with Crippen LogP contribution in [0.5, 0.6) is 0 Å². The summed E-state index contributed by atoms with van der Waals surface area (Å²) in [5, 5.41) is 2.18. The van der Waals surface area contributed by atoms with Crippen LogP contribution in [0.2, 0.25) is 0 Å². The molecule has 1 aliphatic rings. The van der Waals surface area contributed by atoms with Gasteiger partial charge < -0.3 is 0 Å². The first-order valence-electron chi connectivity index (χ1n) is 8.58. The van der Waals surface area contributed by atoms with Crippen LogP contribution in [-0.2, 0) is 16.1 Å². The second kappa shape index (κ2) is 7.53. The molecule has 1 N–H and O–H groups in total. The maximum atomic E-state index is 13.0. The molecule has 0 spiro atoms. The molecule has 2 aromatic carbocycles. The molecule has 0 bridgehead atoms. The van der Waals surface area contributed by atoms with E-state index in [-0.39, 0.29) is 12.1 Å². The average Bonchev–Trinajstić information content (AvgIpc) is 2.64. The fraction of sp³-hybridized carbons (Fsp3) is 0.190. The topological polar surface area (TPSA) is 66.5 Å². The molecule has 1 saturated heterocycles. The number of carbonyl (C=O) groups is 3. The Bertz CT molecular complexity index is 915. The van der Waals surface area contributed by atoms with Crippen LogP contribution in [0.1, 0.15) is 36.5 Å². The number of amides is 4. The van der Waals surface area contributed by atoms with Crippen LogP contribution in [-0.4, -0.2) is 22.7 Å². The van der Waals surface area contributed by atoms with Crippen LogP contribution in [0.15, 0.2) is 54.1 Å². The van der Waals surface area contributed by atoms with E-state index in [4.69, 9.17) is 0 Å². The fourth-order valence-corrected chi connectivity index (χ4v) is 2.75. The largest absolute Gasteiger partial charge is 0.331 e. The smallest absolute Gasteiger partial charge is 0.273 e. The van der Waals surface area contributed by atoms with Crippen molar-refractivity contribution in [3.63, 3.8) is 0 Å². The number of barbiturate groups is 1. The van der Waals surface area contributed by atoms with E-state index in [2.05, 4.69) is 19.2 Å². The summed E-state index contributed by atoms with van der Waals surface area (Å²) >= 11 is 0. The van der Waals surface area contributed by atoms with Crippen LogP contribution < -0.4 is 5.32 Å². The van der Waals surface area contributed by atoms with Crippen molar-refractivity contribution in [1.82, 2.24) is 10.2 Å². The van der Waals surface area contributed by atoms with Gasteiger partial charge in [-0.15, -0.1) is 0 Å². The van der Waals surface area contributed by atoms with Crippen molar-refractivity contribution in [1.29, 1.82) is 0 Å². The molecule has 1 fully saturated rings. The molecule has 1 aliphatic heterocycles. The number of benzene rings is 2. The third-order valence-electron chi connectivity index (χ3n) is 4.35. The van der Waals surface area contributed by atoms with Gasteiger partial charge in [-0.05, 0) is 40.8 Å². The van der Waals surface area contributed by atoms with Gasteiger partial charge in [0.05, 0.1) is 6.54 Å². The summed E-state index contributed by atoms with van der Waals surface area (Å²) in [5.74, 6) is -1.45. The quantitative estimate of drug-likeness (QED) is 0.664. The lowest BCUT2D eigenvalue weighted by Gasteiger charge is -2.26. The molecule has 4 amide bonds. The molecule has 2 aromatic rings. The number of nitrogens with one attached hydrogen (secondary N) is 1. The summed E-state index contributed by atoms with van der Waals surface area (Å²) in [6, 6.07) is 12.2. The molecule has 0 unspecified atom stereocenters. The molecule has 3 rings (SSSR count).